The molecule has 120 valence electrons. The van der Waals surface area contributed by atoms with Crippen molar-refractivity contribution in [3.63, 3.8) is 0 Å². The zero-order valence-electron chi connectivity index (χ0n) is 14.1. The minimum absolute atomic E-state index is 0.289. The lowest BCUT2D eigenvalue weighted by atomic mass is 10.1. The van der Waals surface area contributed by atoms with Crippen molar-refractivity contribution in [2.45, 2.75) is 46.2 Å². The van der Waals surface area contributed by atoms with Crippen molar-refractivity contribution in [2.75, 3.05) is 32.5 Å². The van der Waals surface area contributed by atoms with Crippen LogP contribution in [0.25, 0.3) is 0 Å². The maximum atomic E-state index is 6.03. The van der Waals surface area contributed by atoms with Crippen LogP contribution in [-0.4, -0.2) is 37.3 Å². The summed E-state index contributed by atoms with van der Waals surface area (Å²) in [5.74, 6) is 0.752. The van der Waals surface area contributed by atoms with E-state index in [4.69, 9.17) is 16.2 Å². The molecule has 0 saturated carbocycles. The fourth-order valence-corrected chi connectivity index (χ4v) is 2.86. The van der Waals surface area contributed by atoms with Crippen LogP contribution in [0.5, 0.6) is 5.75 Å². The molecule has 4 N–H and O–H groups in total. The van der Waals surface area contributed by atoms with Gasteiger partial charge in [0.2, 0.25) is 0 Å². The van der Waals surface area contributed by atoms with E-state index in [0.29, 0.717) is 0 Å². The maximum Gasteiger partial charge on any atom is 0.141 e. The Morgan fingerprint density at radius 3 is 2.38 bits per heavy atom. The van der Waals surface area contributed by atoms with Crippen LogP contribution in [-0.2, 0) is 6.54 Å². The van der Waals surface area contributed by atoms with Crippen molar-refractivity contribution in [1.29, 1.82) is 0 Å². The summed E-state index contributed by atoms with van der Waals surface area (Å²) in [4.78, 5) is 0. The van der Waals surface area contributed by atoms with Gasteiger partial charge in [0, 0.05) is 11.6 Å². The van der Waals surface area contributed by atoms with Gasteiger partial charge in [0.25, 0.3) is 0 Å². The zero-order valence-corrected chi connectivity index (χ0v) is 14.1. The number of rotatable bonds is 9. The van der Waals surface area contributed by atoms with Gasteiger partial charge in [0.05, 0.1) is 32.4 Å². The number of nitrogens with two attached hydrogens (primary N) is 2. The van der Waals surface area contributed by atoms with Crippen LogP contribution >= 0.6 is 0 Å². The van der Waals surface area contributed by atoms with Gasteiger partial charge in [-0.05, 0) is 51.8 Å². The first-order valence-corrected chi connectivity index (χ1v) is 7.99. The van der Waals surface area contributed by atoms with Crippen molar-refractivity contribution in [2.24, 2.45) is 5.73 Å². The number of ether oxygens (including phenoxy) is 1. The van der Waals surface area contributed by atoms with Gasteiger partial charge < -0.3 is 20.7 Å². The summed E-state index contributed by atoms with van der Waals surface area (Å²) in [5, 5.41) is 0. The molecular formula is C17H32N3O+. The van der Waals surface area contributed by atoms with E-state index < -0.39 is 0 Å². The predicted octanol–water partition coefficient (Wildman–Crippen LogP) is 2.76. The van der Waals surface area contributed by atoms with Gasteiger partial charge in [-0.1, -0.05) is 0 Å². The van der Waals surface area contributed by atoms with E-state index in [0.717, 1.165) is 42.0 Å². The molecule has 4 nitrogen and oxygen atoms in total. The second-order valence-electron chi connectivity index (χ2n) is 6.05. The Morgan fingerprint density at radius 1 is 1.24 bits per heavy atom. The number of methoxy groups -OCH3 is 1. The Hall–Kier alpha value is -1.26. The second-order valence-corrected chi connectivity index (χ2v) is 6.05. The molecule has 0 aliphatic carbocycles. The van der Waals surface area contributed by atoms with Gasteiger partial charge in [0.1, 0.15) is 12.3 Å². The van der Waals surface area contributed by atoms with Crippen LogP contribution in [0.1, 0.15) is 39.2 Å². The Balaban J connectivity index is 2.79. The molecule has 0 heterocycles. The fraction of sp³-hybridized carbons (Fsp3) is 0.647. The Bertz CT molecular complexity index is 428. The Morgan fingerprint density at radius 2 is 1.90 bits per heavy atom. The van der Waals surface area contributed by atoms with E-state index >= 15 is 0 Å². The number of hydrogen-bond acceptors (Lipinski definition) is 3. The van der Waals surface area contributed by atoms with E-state index in [-0.39, 0.29) is 6.04 Å². The molecular weight excluding hydrogens is 262 g/mol. The first-order chi connectivity index (χ1) is 9.96. The molecule has 0 aliphatic rings. The quantitative estimate of drug-likeness (QED) is 0.544. The van der Waals surface area contributed by atoms with Crippen molar-refractivity contribution < 1.29 is 9.22 Å². The molecule has 0 amide bonds. The third-order valence-electron chi connectivity index (χ3n) is 4.45. The minimum Gasteiger partial charge on any atom is -0.495 e. The van der Waals surface area contributed by atoms with E-state index in [2.05, 4.69) is 26.8 Å². The van der Waals surface area contributed by atoms with Gasteiger partial charge in [-0.15, -0.1) is 0 Å². The number of nitrogen functional groups attached to an aromatic ring is 1. The molecule has 0 saturated heterocycles. The lowest BCUT2D eigenvalue weighted by molar-refractivity contribution is -0.938. The fourth-order valence-electron chi connectivity index (χ4n) is 2.86. The summed E-state index contributed by atoms with van der Waals surface area (Å²) in [6, 6.07) is 6.42. The third-order valence-corrected chi connectivity index (χ3v) is 4.45. The number of anilines is 1. The zero-order chi connectivity index (χ0) is 15.9. The van der Waals surface area contributed by atoms with E-state index in [1.165, 1.54) is 18.5 Å². The molecule has 0 aliphatic heterocycles. The van der Waals surface area contributed by atoms with Crippen LogP contribution in [0.2, 0.25) is 0 Å². The normalized spacial score (nSPS) is 13.2. The lowest BCUT2D eigenvalue weighted by Crippen LogP contribution is -2.47. The van der Waals surface area contributed by atoms with Gasteiger partial charge in [0.15, 0.2) is 0 Å². The Labute approximate surface area is 129 Å². The largest absolute Gasteiger partial charge is 0.495 e. The summed E-state index contributed by atoms with van der Waals surface area (Å²) in [6.07, 6.45) is 2.26. The number of quaternary nitrogens is 1. The molecule has 0 radical (unpaired) electrons. The van der Waals surface area contributed by atoms with E-state index in [1.807, 2.05) is 12.1 Å². The highest BCUT2D eigenvalue weighted by Gasteiger charge is 2.23. The maximum absolute atomic E-state index is 6.03. The van der Waals surface area contributed by atoms with Crippen LogP contribution in [0.15, 0.2) is 18.2 Å². The van der Waals surface area contributed by atoms with Crippen LogP contribution in [0.4, 0.5) is 5.69 Å². The van der Waals surface area contributed by atoms with E-state index in [1.54, 1.807) is 7.11 Å². The molecule has 0 fully saturated rings. The molecule has 0 bridgehead atoms. The SMILES string of the molecule is CC[N+](CC)(CCCC(C)N)Cc1ccc(OC)c(N)c1. The number of hydrogen-bond donors (Lipinski definition) is 2. The molecule has 1 unspecified atom stereocenters. The molecule has 1 rings (SSSR count). The highest BCUT2D eigenvalue weighted by Crippen LogP contribution is 2.24. The molecule has 1 aromatic rings. The molecule has 1 aromatic carbocycles. The lowest BCUT2D eigenvalue weighted by Gasteiger charge is -2.37. The molecule has 0 aromatic heterocycles. The highest BCUT2D eigenvalue weighted by molar-refractivity contribution is 5.54. The third kappa shape index (κ3) is 5.21. The summed E-state index contributed by atoms with van der Waals surface area (Å²) >= 11 is 0. The Kier molecular flexibility index (Phi) is 6.99. The first kappa shape index (κ1) is 17.8. The summed E-state index contributed by atoms with van der Waals surface area (Å²) in [5.41, 5.74) is 13.9. The van der Waals surface area contributed by atoms with Crippen LogP contribution in [0.3, 0.4) is 0 Å². The molecule has 1 atom stereocenters. The second kappa shape index (κ2) is 8.25. The minimum atomic E-state index is 0.289. The van der Waals surface area contributed by atoms with Gasteiger partial charge in [-0.3, -0.25) is 0 Å². The van der Waals surface area contributed by atoms with Gasteiger partial charge in [-0.2, -0.15) is 0 Å². The average Bonchev–Trinajstić information content (AvgIpc) is 2.46. The number of nitrogens with zero attached hydrogens (tertiary/aromatic N) is 1. The summed E-state index contributed by atoms with van der Waals surface area (Å²) in [7, 11) is 1.65. The average molecular weight is 294 g/mol. The molecule has 4 heteroatoms. The van der Waals surface area contributed by atoms with Crippen LogP contribution in [0, 0.1) is 0 Å². The van der Waals surface area contributed by atoms with Gasteiger partial charge in [-0.25, -0.2) is 0 Å². The van der Waals surface area contributed by atoms with Crippen LogP contribution < -0.4 is 16.2 Å². The van der Waals surface area contributed by atoms with Crippen molar-refractivity contribution in [3.8, 4) is 5.75 Å². The van der Waals surface area contributed by atoms with Crippen molar-refractivity contribution in [3.05, 3.63) is 23.8 Å². The van der Waals surface area contributed by atoms with Crippen molar-refractivity contribution in [1.82, 2.24) is 0 Å². The molecule has 21 heavy (non-hydrogen) atoms. The first-order valence-electron chi connectivity index (χ1n) is 7.99. The highest BCUT2D eigenvalue weighted by atomic mass is 16.5. The summed E-state index contributed by atoms with van der Waals surface area (Å²) in [6.45, 7) is 11.0. The summed E-state index contributed by atoms with van der Waals surface area (Å²) < 4.78 is 6.31. The monoisotopic (exact) mass is 294 g/mol. The standard InChI is InChI=1S/C17H32N3O/c1-5-20(6-2,11-7-8-14(3)18)13-15-9-10-17(21-4)16(19)12-15/h9-10,12,14H,5-8,11,13,18-19H2,1-4H3/q+1. The smallest absolute Gasteiger partial charge is 0.141 e. The van der Waals surface area contributed by atoms with Crippen molar-refractivity contribution >= 4 is 5.69 Å². The predicted molar refractivity (Wildman–Crippen MR) is 90.2 cm³/mol. The topological polar surface area (TPSA) is 61.3 Å². The van der Waals surface area contributed by atoms with Gasteiger partial charge >= 0.3 is 0 Å². The molecule has 0 spiro atoms. The number of benzene rings is 1. The van der Waals surface area contributed by atoms with E-state index in [9.17, 15) is 0 Å².